The average Bonchev–Trinajstić information content (AvgIpc) is 3.08. The van der Waals surface area contributed by atoms with Gasteiger partial charge < -0.3 is 0 Å². The van der Waals surface area contributed by atoms with Crippen LogP contribution in [0.25, 0.3) is 17.0 Å². The first-order valence-corrected chi connectivity index (χ1v) is 17.0. The van der Waals surface area contributed by atoms with E-state index in [2.05, 4.69) is 12.2 Å². The summed E-state index contributed by atoms with van der Waals surface area (Å²) in [7, 11) is 0. The number of allylic oxidation sites excluding steroid dienone is 3. The Bertz CT molecular complexity index is 1480. The molecule has 46 heavy (non-hydrogen) atoms. The fraction of sp³-hybridized carbons (Fsp3) is 0.450. The van der Waals surface area contributed by atoms with Crippen molar-refractivity contribution in [3.05, 3.63) is 113 Å². The minimum atomic E-state index is -1.45. The van der Waals surface area contributed by atoms with E-state index in [0.29, 0.717) is 40.9 Å². The summed E-state index contributed by atoms with van der Waals surface area (Å²) in [6.07, 6.45) is 16.7. The zero-order valence-electron chi connectivity index (χ0n) is 26.6. The summed E-state index contributed by atoms with van der Waals surface area (Å²) in [5.41, 5.74) is 2.75. The van der Waals surface area contributed by atoms with Crippen LogP contribution in [0.2, 0.25) is 0 Å². The molecule has 0 amide bonds. The fourth-order valence-corrected chi connectivity index (χ4v) is 7.16. The second-order valence-electron chi connectivity index (χ2n) is 13.3. The van der Waals surface area contributed by atoms with Crippen molar-refractivity contribution in [2.45, 2.75) is 96.3 Å². The number of hydrogen-bond donors (Lipinski definition) is 0. The second-order valence-corrected chi connectivity index (χ2v) is 13.3. The lowest BCUT2D eigenvalue weighted by molar-refractivity contribution is 0.294. The quantitative estimate of drug-likeness (QED) is 0.111. The zero-order chi connectivity index (χ0) is 32.6. The standard InChI is InChI=1S/C40H44F6/c1-2-3-4-35(41)39(45)32-21-22-34(36(42)23-32)31-19-15-29(16-20-31)12-10-27-7-5-26(6-8-27)9-11-28-13-17-30(18-14-28)33-24-37(43)40(46)38(44)25-33/h10,12-14,17-18,21-27,29,31H,2-9,11,15-16,19-20H2,1H3. The van der Waals surface area contributed by atoms with E-state index >= 15 is 0 Å². The predicted octanol–water partition coefficient (Wildman–Crippen LogP) is 13.0. The van der Waals surface area contributed by atoms with Crippen molar-refractivity contribution in [1.82, 2.24) is 0 Å². The molecule has 0 aromatic heterocycles. The maximum absolute atomic E-state index is 14.9. The third kappa shape index (κ3) is 8.74. The Kier molecular flexibility index (Phi) is 11.9. The first-order valence-electron chi connectivity index (χ1n) is 17.0. The molecule has 0 saturated heterocycles. The van der Waals surface area contributed by atoms with Crippen molar-refractivity contribution in [3.63, 3.8) is 0 Å². The van der Waals surface area contributed by atoms with Gasteiger partial charge in [0.25, 0.3) is 0 Å². The van der Waals surface area contributed by atoms with Gasteiger partial charge in [0.15, 0.2) is 23.3 Å². The summed E-state index contributed by atoms with van der Waals surface area (Å²) < 4.78 is 83.9. The molecule has 0 nitrogen and oxygen atoms in total. The van der Waals surface area contributed by atoms with Gasteiger partial charge in [-0.3, -0.25) is 0 Å². The average molecular weight is 639 g/mol. The molecule has 2 fully saturated rings. The number of benzene rings is 3. The zero-order valence-corrected chi connectivity index (χ0v) is 26.6. The lowest BCUT2D eigenvalue weighted by Gasteiger charge is -2.29. The van der Waals surface area contributed by atoms with Gasteiger partial charge in [0.2, 0.25) is 0 Å². The first-order chi connectivity index (χ1) is 22.2. The molecule has 246 valence electrons. The van der Waals surface area contributed by atoms with Gasteiger partial charge in [-0.1, -0.05) is 61.9 Å². The molecule has 2 aliphatic carbocycles. The van der Waals surface area contributed by atoms with Crippen molar-refractivity contribution in [1.29, 1.82) is 0 Å². The maximum atomic E-state index is 14.9. The molecule has 6 heteroatoms. The van der Waals surface area contributed by atoms with Crippen LogP contribution >= 0.6 is 0 Å². The van der Waals surface area contributed by atoms with Crippen molar-refractivity contribution >= 4 is 5.83 Å². The van der Waals surface area contributed by atoms with Gasteiger partial charge in [-0.25, -0.2) is 26.3 Å². The molecular weight excluding hydrogens is 594 g/mol. The minimum absolute atomic E-state index is 0.0176. The molecule has 2 saturated carbocycles. The largest absolute Gasteiger partial charge is 0.209 e. The molecule has 3 aromatic rings. The van der Waals surface area contributed by atoms with Gasteiger partial charge in [0, 0.05) is 12.0 Å². The van der Waals surface area contributed by atoms with E-state index in [-0.39, 0.29) is 17.9 Å². The molecule has 0 atom stereocenters. The van der Waals surface area contributed by atoms with Gasteiger partial charge in [-0.15, -0.1) is 0 Å². The second kappa shape index (κ2) is 16.0. The van der Waals surface area contributed by atoms with Crippen LogP contribution in [0.4, 0.5) is 26.3 Å². The Labute approximate surface area is 269 Å². The maximum Gasteiger partial charge on any atom is 0.194 e. The van der Waals surface area contributed by atoms with Crippen LogP contribution in [-0.2, 0) is 6.42 Å². The van der Waals surface area contributed by atoms with Crippen LogP contribution in [0.15, 0.2) is 72.6 Å². The van der Waals surface area contributed by atoms with E-state index in [4.69, 9.17) is 0 Å². The topological polar surface area (TPSA) is 0 Å². The van der Waals surface area contributed by atoms with Crippen molar-refractivity contribution in [2.75, 3.05) is 0 Å². The number of halogens is 6. The van der Waals surface area contributed by atoms with Crippen LogP contribution in [-0.4, -0.2) is 0 Å². The van der Waals surface area contributed by atoms with Crippen LogP contribution in [0, 0.1) is 41.0 Å². The fourth-order valence-electron chi connectivity index (χ4n) is 7.16. The van der Waals surface area contributed by atoms with E-state index in [9.17, 15) is 26.3 Å². The highest BCUT2D eigenvalue weighted by molar-refractivity contribution is 5.64. The third-order valence-corrected chi connectivity index (χ3v) is 10.1. The van der Waals surface area contributed by atoms with Crippen LogP contribution in [0.3, 0.4) is 0 Å². The van der Waals surface area contributed by atoms with Gasteiger partial charge in [0.1, 0.15) is 11.6 Å². The molecule has 0 spiro atoms. The highest BCUT2D eigenvalue weighted by atomic mass is 19.2. The molecule has 0 aliphatic heterocycles. The normalized spacial score (nSPS) is 22.7. The molecule has 0 N–H and O–H groups in total. The SMILES string of the molecule is CCCCC(F)=C(F)c1ccc(C2CCC(C=CC3CCC(CCc4ccc(-c5cc(F)c(F)c(F)c5)cc4)CC3)CC2)c(F)c1. The molecule has 0 heterocycles. The molecular formula is C40H44F6. The smallest absolute Gasteiger partial charge is 0.194 e. The molecule has 0 unspecified atom stereocenters. The Balaban J connectivity index is 1.03. The summed E-state index contributed by atoms with van der Waals surface area (Å²) in [5.74, 6) is -4.14. The predicted molar refractivity (Wildman–Crippen MR) is 174 cm³/mol. The molecule has 3 aromatic carbocycles. The highest BCUT2D eigenvalue weighted by Gasteiger charge is 2.25. The Morgan fingerprint density at radius 3 is 1.89 bits per heavy atom. The van der Waals surface area contributed by atoms with Crippen molar-refractivity contribution < 1.29 is 26.3 Å². The Morgan fingerprint density at radius 1 is 0.696 bits per heavy atom. The number of aryl methyl sites for hydroxylation is 1. The number of hydrogen-bond acceptors (Lipinski definition) is 0. The number of rotatable bonds is 11. The Morgan fingerprint density at radius 2 is 1.30 bits per heavy atom. The molecule has 2 aliphatic rings. The van der Waals surface area contributed by atoms with Crippen LogP contribution < -0.4 is 0 Å². The lowest BCUT2D eigenvalue weighted by atomic mass is 9.76. The first kappa shape index (κ1) is 34.1. The minimum Gasteiger partial charge on any atom is -0.209 e. The summed E-state index contributed by atoms with van der Waals surface area (Å²) in [6.45, 7) is 1.92. The lowest BCUT2D eigenvalue weighted by Crippen LogP contribution is -2.15. The summed E-state index contributed by atoms with van der Waals surface area (Å²) in [4.78, 5) is 0. The number of unbranched alkanes of at least 4 members (excludes halogenated alkanes) is 1. The van der Waals surface area contributed by atoms with E-state index in [1.807, 2.05) is 31.2 Å². The van der Waals surface area contributed by atoms with Crippen LogP contribution in [0.1, 0.15) is 107 Å². The van der Waals surface area contributed by atoms with E-state index < -0.39 is 34.9 Å². The summed E-state index contributed by atoms with van der Waals surface area (Å²) >= 11 is 0. The van der Waals surface area contributed by atoms with Gasteiger partial charge in [-0.05, 0) is 135 Å². The monoisotopic (exact) mass is 638 g/mol. The Hall–Kier alpha value is -3.28. The van der Waals surface area contributed by atoms with Gasteiger partial charge >= 0.3 is 0 Å². The van der Waals surface area contributed by atoms with Gasteiger partial charge in [0.05, 0.1) is 0 Å². The molecule has 5 rings (SSSR count). The van der Waals surface area contributed by atoms with Gasteiger partial charge in [-0.2, -0.15) is 0 Å². The van der Waals surface area contributed by atoms with Crippen molar-refractivity contribution in [3.8, 4) is 11.1 Å². The van der Waals surface area contributed by atoms with E-state index in [1.165, 1.54) is 37.3 Å². The molecule has 0 radical (unpaired) electrons. The summed E-state index contributed by atoms with van der Waals surface area (Å²) in [6, 6.07) is 14.0. The van der Waals surface area contributed by atoms with Crippen molar-refractivity contribution in [2.24, 2.45) is 17.8 Å². The third-order valence-electron chi connectivity index (χ3n) is 10.1. The van der Waals surface area contributed by atoms with E-state index in [1.54, 1.807) is 6.07 Å². The highest BCUT2D eigenvalue weighted by Crippen LogP contribution is 2.39. The van der Waals surface area contributed by atoms with Crippen LogP contribution in [0.5, 0.6) is 0 Å². The van der Waals surface area contributed by atoms with E-state index in [0.717, 1.165) is 63.1 Å². The molecule has 0 bridgehead atoms. The summed E-state index contributed by atoms with van der Waals surface area (Å²) in [5, 5.41) is 0.